The molecule has 0 bridgehead atoms. The van der Waals surface area contributed by atoms with E-state index in [1.54, 1.807) is 11.1 Å². The Morgan fingerprint density at radius 1 is 1.06 bits per heavy atom. The van der Waals surface area contributed by atoms with Crippen LogP contribution in [0.15, 0.2) is 65.3 Å². The Labute approximate surface area is 204 Å². The van der Waals surface area contributed by atoms with E-state index in [9.17, 15) is 18.0 Å². The Hall–Kier alpha value is -3.99. The fourth-order valence-electron chi connectivity index (χ4n) is 4.22. The lowest BCUT2D eigenvalue weighted by Crippen LogP contribution is -2.50. The Balaban J connectivity index is 1.21. The van der Waals surface area contributed by atoms with E-state index in [1.165, 1.54) is 12.1 Å². The molecule has 1 atom stereocenters. The predicted molar refractivity (Wildman–Crippen MR) is 127 cm³/mol. The number of amides is 2. The zero-order valence-corrected chi connectivity index (χ0v) is 19.4. The van der Waals surface area contributed by atoms with Gasteiger partial charge in [-0.15, -0.1) is 0 Å². The number of nitrogens with zero attached hydrogens (tertiary/aromatic N) is 5. The minimum Gasteiger partial charge on any atom is -0.337 e. The SMILES string of the molecule is CC(c1nc(-c2cccc(C(F)(F)F)c2)no1)N1CCN(C(=O)Nc2cccc3cccnc23)CC1. The zero-order chi connectivity index (χ0) is 25.3. The number of alkyl halides is 3. The van der Waals surface area contributed by atoms with Gasteiger partial charge in [0.15, 0.2) is 0 Å². The molecule has 2 aromatic heterocycles. The number of urea groups is 1. The lowest BCUT2D eigenvalue weighted by Gasteiger charge is -2.36. The van der Waals surface area contributed by atoms with Crippen molar-refractivity contribution in [3.05, 3.63) is 72.2 Å². The molecule has 1 N–H and O–H groups in total. The van der Waals surface area contributed by atoms with Gasteiger partial charge < -0.3 is 14.7 Å². The van der Waals surface area contributed by atoms with Gasteiger partial charge in [0.2, 0.25) is 11.7 Å². The third kappa shape index (κ3) is 4.87. The van der Waals surface area contributed by atoms with Crippen LogP contribution in [0.3, 0.4) is 0 Å². The maximum Gasteiger partial charge on any atom is 0.416 e. The summed E-state index contributed by atoms with van der Waals surface area (Å²) >= 11 is 0. The fraction of sp³-hybridized carbons (Fsp3) is 0.280. The monoisotopic (exact) mass is 496 g/mol. The molecule has 1 aliphatic heterocycles. The summed E-state index contributed by atoms with van der Waals surface area (Å²) in [5.74, 6) is 0.409. The molecular formula is C25H23F3N6O2. The first kappa shape index (κ1) is 23.7. The highest BCUT2D eigenvalue weighted by Gasteiger charge is 2.31. The molecule has 36 heavy (non-hydrogen) atoms. The molecule has 8 nitrogen and oxygen atoms in total. The highest BCUT2D eigenvalue weighted by molar-refractivity contribution is 5.99. The molecule has 5 rings (SSSR count). The van der Waals surface area contributed by atoms with Crippen molar-refractivity contribution in [2.75, 3.05) is 31.5 Å². The number of carbonyl (C=O) groups is 1. The maximum absolute atomic E-state index is 13.0. The van der Waals surface area contributed by atoms with E-state index in [1.807, 2.05) is 37.3 Å². The second kappa shape index (κ2) is 9.57. The van der Waals surface area contributed by atoms with Gasteiger partial charge in [-0.1, -0.05) is 35.5 Å². The average Bonchev–Trinajstić information content (AvgIpc) is 3.39. The Bertz CT molecular complexity index is 1380. The number of aromatic nitrogens is 3. The van der Waals surface area contributed by atoms with Gasteiger partial charge in [-0.2, -0.15) is 18.2 Å². The molecule has 0 spiro atoms. The minimum atomic E-state index is -4.45. The van der Waals surface area contributed by atoms with E-state index in [0.29, 0.717) is 37.8 Å². The molecule has 1 saturated heterocycles. The summed E-state index contributed by atoms with van der Waals surface area (Å²) in [5.41, 5.74) is 0.847. The van der Waals surface area contributed by atoms with Crippen LogP contribution in [0.5, 0.6) is 0 Å². The number of nitrogens with one attached hydrogen (secondary N) is 1. The summed E-state index contributed by atoms with van der Waals surface area (Å²) in [7, 11) is 0. The van der Waals surface area contributed by atoms with Crippen LogP contribution in [0.4, 0.5) is 23.7 Å². The maximum atomic E-state index is 13.0. The van der Waals surface area contributed by atoms with Crippen LogP contribution in [-0.4, -0.2) is 57.1 Å². The predicted octanol–water partition coefficient (Wildman–Crippen LogP) is 5.21. The van der Waals surface area contributed by atoms with Gasteiger partial charge in [0, 0.05) is 43.3 Å². The topological polar surface area (TPSA) is 87.4 Å². The first-order valence-corrected chi connectivity index (χ1v) is 11.4. The highest BCUT2D eigenvalue weighted by atomic mass is 19.4. The molecule has 4 aromatic rings. The number of carbonyl (C=O) groups excluding carboxylic acids is 1. The summed E-state index contributed by atoms with van der Waals surface area (Å²) < 4.78 is 44.5. The van der Waals surface area contributed by atoms with Crippen molar-refractivity contribution in [3.8, 4) is 11.4 Å². The van der Waals surface area contributed by atoms with Gasteiger partial charge >= 0.3 is 12.2 Å². The van der Waals surface area contributed by atoms with E-state index in [0.717, 1.165) is 23.0 Å². The molecule has 1 unspecified atom stereocenters. The molecule has 1 aliphatic rings. The number of benzene rings is 2. The number of anilines is 1. The van der Waals surface area contributed by atoms with Crippen LogP contribution >= 0.6 is 0 Å². The largest absolute Gasteiger partial charge is 0.416 e. The third-order valence-electron chi connectivity index (χ3n) is 6.27. The van der Waals surface area contributed by atoms with Crippen molar-refractivity contribution in [1.82, 2.24) is 24.9 Å². The zero-order valence-electron chi connectivity index (χ0n) is 19.4. The Morgan fingerprint density at radius 3 is 2.58 bits per heavy atom. The minimum absolute atomic E-state index is 0.102. The normalized spacial score (nSPS) is 15.7. The van der Waals surface area contributed by atoms with Crippen LogP contribution in [-0.2, 0) is 6.18 Å². The number of rotatable bonds is 4. The molecular weight excluding hydrogens is 473 g/mol. The van der Waals surface area contributed by atoms with E-state index in [4.69, 9.17) is 4.52 Å². The molecule has 0 radical (unpaired) electrons. The summed E-state index contributed by atoms with van der Waals surface area (Å²) in [4.78, 5) is 25.4. The molecule has 0 aliphatic carbocycles. The number of piperazine rings is 1. The average molecular weight is 496 g/mol. The van der Waals surface area contributed by atoms with E-state index in [-0.39, 0.29) is 23.5 Å². The van der Waals surface area contributed by atoms with Gasteiger partial charge in [0.1, 0.15) is 0 Å². The lowest BCUT2D eigenvalue weighted by atomic mass is 10.1. The van der Waals surface area contributed by atoms with Crippen LogP contribution in [0.25, 0.3) is 22.3 Å². The second-order valence-electron chi connectivity index (χ2n) is 8.54. The van der Waals surface area contributed by atoms with Gasteiger partial charge in [-0.25, -0.2) is 4.79 Å². The van der Waals surface area contributed by atoms with Crippen LogP contribution in [0.2, 0.25) is 0 Å². The third-order valence-corrected chi connectivity index (χ3v) is 6.27. The fourth-order valence-corrected chi connectivity index (χ4v) is 4.22. The summed E-state index contributed by atoms with van der Waals surface area (Å²) in [5, 5.41) is 7.77. The van der Waals surface area contributed by atoms with Crippen molar-refractivity contribution >= 4 is 22.6 Å². The van der Waals surface area contributed by atoms with E-state index >= 15 is 0 Å². The van der Waals surface area contributed by atoms with Crippen molar-refractivity contribution in [1.29, 1.82) is 0 Å². The highest BCUT2D eigenvalue weighted by Crippen LogP contribution is 2.32. The van der Waals surface area contributed by atoms with Gasteiger partial charge in [-0.05, 0) is 31.2 Å². The number of hydrogen-bond acceptors (Lipinski definition) is 6. The number of para-hydroxylation sites is 1. The molecule has 3 heterocycles. The van der Waals surface area contributed by atoms with Crippen molar-refractivity contribution in [3.63, 3.8) is 0 Å². The molecule has 11 heteroatoms. The molecule has 186 valence electrons. The molecule has 2 amide bonds. The summed E-state index contributed by atoms with van der Waals surface area (Å²) in [6, 6.07) is 13.8. The quantitative estimate of drug-likeness (QED) is 0.417. The number of pyridine rings is 1. The Morgan fingerprint density at radius 2 is 1.81 bits per heavy atom. The molecule has 1 fully saturated rings. The van der Waals surface area contributed by atoms with Crippen LogP contribution in [0, 0.1) is 0 Å². The van der Waals surface area contributed by atoms with Gasteiger partial charge in [0.05, 0.1) is 22.8 Å². The molecule has 0 saturated carbocycles. The first-order valence-electron chi connectivity index (χ1n) is 11.4. The lowest BCUT2D eigenvalue weighted by molar-refractivity contribution is -0.137. The Kier molecular flexibility index (Phi) is 6.31. The van der Waals surface area contributed by atoms with Crippen molar-refractivity contribution < 1.29 is 22.5 Å². The van der Waals surface area contributed by atoms with E-state index in [2.05, 4.69) is 25.3 Å². The van der Waals surface area contributed by atoms with Crippen LogP contribution < -0.4 is 5.32 Å². The summed E-state index contributed by atoms with van der Waals surface area (Å²) in [6.07, 6.45) is -2.76. The van der Waals surface area contributed by atoms with Crippen molar-refractivity contribution in [2.45, 2.75) is 19.1 Å². The number of halogens is 3. The van der Waals surface area contributed by atoms with E-state index < -0.39 is 11.7 Å². The first-order chi connectivity index (χ1) is 17.3. The smallest absolute Gasteiger partial charge is 0.337 e. The van der Waals surface area contributed by atoms with Crippen LogP contribution in [0.1, 0.15) is 24.4 Å². The molecule has 2 aromatic carbocycles. The standard InChI is InChI=1S/C25H23F3N6O2/c1-16(23-31-22(32-36-23)18-6-2-8-19(15-18)25(26,27)28)33-11-13-34(14-12-33)24(35)30-20-9-3-5-17-7-4-10-29-21(17)20/h2-10,15-16H,11-14H2,1H3,(H,30,35). The van der Waals surface area contributed by atoms with Gasteiger partial charge in [-0.3, -0.25) is 9.88 Å². The van der Waals surface area contributed by atoms with Crippen molar-refractivity contribution in [2.24, 2.45) is 0 Å². The second-order valence-corrected chi connectivity index (χ2v) is 8.54. The van der Waals surface area contributed by atoms with Gasteiger partial charge in [0.25, 0.3) is 0 Å². The number of hydrogen-bond donors (Lipinski definition) is 1. The summed E-state index contributed by atoms with van der Waals surface area (Å²) in [6.45, 7) is 4.01. The number of fused-ring (bicyclic) bond motifs is 1.